The molecule has 3 unspecified atom stereocenters. The molecule has 4 aliphatic rings. The van der Waals surface area contributed by atoms with Crippen molar-refractivity contribution in [3.05, 3.63) is 84.7 Å². The van der Waals surface area contributed by atoms with E-state index in [0.717, 1.165) is 35.0 Å². The lowest BCUT2D eigenvalue weighted by Crippen LogP contribution is -2.18. The largest absolute Gasteiger partial charge is 0.341 e. The Morgan fingerprint density at radius 2 is 1.31 bits per heavy atom. The fourth-order valence-electron chi connectivity index (χ4n) is 7.12. The number of hydrogen-bond donors (Lipinski definition) is 4. The first-order valence-electron chi connectivity index (χ1n) is 14.3. The predicted octanol–water partition coefficient (Wildman–Crippen LogP) is 6.52. The molecule has 3 aromatic carbocycles. The maximum atomic E-state index is 4.70. The number of nitrogens with one attached hydrogen (secondary N) is 4. The average molecular weight is 513 g/mol. The fraction of sp³-hybridized carbons (Fsp3) is 0.333. The number of hydrogen-bond acceptors (Lipinski definition) is 4. The molecular formula is C33H32N6. The van der Waals surface area contributed by atoms with E-state index in [1.54, 1.807) is 0 Å². The summed E-state index contributed by atoms with van der Waals surface area (Å²) in [6.45, 7) is 2.38. The summed E-state index contributed by atoms with van der Waals surface area (Å²) in [6.07, 6.45) is 8.98. The van der Waals surface area contributed by atoms with Crippen LogP contribution in [-0.2, 0) is 0 Å². The van der Waals surface area contributed by atoms with E-state index in [1.807, 2.05) is 12.4 Å². The third-order valence-corrected chi connectivity index (χ3v) is 9.83. The number of aromatic nitrogens is 4. The molecule has 4 heterocycles. The zero-order valence-electron chi connectivity index (χ0n) is 22.0. The number of rotatable bonds is 5. The van der Waals surface area contributed by atoms with E-state index in [4.69, 9.17) is 9.97 Å². The molecule has 5 aromatic rings. The lowest BCUT2D eigenvalue weighted by atomic mass is 9.98. The summed E-state index contributed by atoms with van der Waals surface area (Å²) in [6, 6.07) is 24.4. The van der Waals surface area contributed by atoms with Gasteiger partial charge in [0.05, 0.1) is 35.9 Å². The van der Waals surface area contributed by atoms with Gasteiger partial charge in [0.15, 0.2) is 0 Å². The van der Waals surface area contributed by atoms with Crippen LogP contribution >= 0.6 is 0 Å². The second-order valence-electron chi connectivity index (χ2n) is 12.6. The van der Waals surface area contributed by atoms with Gasteiger partial charge in [0.1, 0.15) is 11.6 Å². The van der Waals surface area contributed by atoms with Crippen LogP contribution in [0.15, 0.2) is 73.1 Å². The number of aromatic amines is 2. The fourth-order valence-corrected chi connectivity index (χ4v) is 7.12. The zero-order chi connectivity index (χ0) is 25.7. The Morgan fingerprint density at radius 1 is 0.667 bits per heavy atom. The minimum Gasteiger partial charge on any atom is -0.341 e. The van der Waals surface area contributed by atoms with Crippen LogP contribution in [0.25, 0.3) is 44.4 Å². The molecule has 39 heavy (non-hydrogen) atoms. The molecule has 0 bridgehead atoms. The maximum Gasteiger partial charge on any atom is 0.123 e. The SMILES string of the molecule is C[C@@]12CC1N[C@H](c1ncc(-c3ccc(-c4ccc5cc(-c6cnc([C@@H]7CC8CC8N7)[nH]6)ccc5c4)cc3)[nH]1)C2. The van der Waals surface area contributed by atoms with Gasteiger partial charge in [0, 0.05) is 17.6 Å². The smallest absolute Gasteiger partial charge is 0.123 e. The molecule has 6 nitrogen and oxygen atoms in total. The van der Waals surface area contributed by atoms with Crippen molar-refractivity contribution in [2.24, 2.45) is 11.3 Å². The lowest BCUT2D eigenvalue weighted by Gasteiger charge is -2.11. The second-order valence-corrected chi connectivity index (χ2v) is 12.6. The average Bonchev–Trinajstić information content (AvgIpc) is 3.48. The minimum atomic E-state index is 0.352. The Labute approximate surface area is 227 Å². The van der Waals surface area contributed by atoms with Crippen molar-refractivity contribution in [1.82, 2.24) is 30.6 Å². The van der Waals surface area contributed by atoms with E-state index in [2.05, 4.69) is 88.2 Å². The summed E-state index contributed by atoms with van der Waals surface area (Å²) in [7, 11) is 0. The van der Waals surface area contributed by atoms with Crippen molar-refractivity contribution in [1.29, 1.82) is 0 Å². The van der Waals surface area contributed by atoms with Gasteiger partial charge in [-0.3, -0.25) is 0 Å². The quantitative estimate of drug-likeness (QED) is 0.216. The summed E-state index contributed by atoms with van der Waals surface area (Å²) in [5, 5.41) is 9.89. The van der Waals surface area contributed by atoms with Crippen molar-refractivity contribution < 1.29 is 0 Å². The zero-order valence-corrected chi connectivity index (χ0v) is 22.0. The van der Waals surface area contributed by atoms with Gasteiger partial charge in [-0.1, -0.05) is 55.5 Å². The molecule has 0 spiro atoms. The number of piperidine rings is 2. The third kappa shape index (κ3) is 3.69. The highest BCUT2D eigenvalue weighted by atomic mass is 15.1. The molecule has 2 aliphatic carbocycles. The van der Waals surface area contributed by atoms with Crippen LogP contribution in [0, 0.1) is 11.3 Å². The van der Waals surface area contributed by atoms with Crippen LogP contribution in [0.4, 0.5) is 0 Å². The van der Waals surface area contributed by atoms with Gasteiger partial charge in [-0.15, -0.1) is 0 Å². The number of imidazole rings is 2. The molecule has 6 atom stereocenters. The summed E-state index contributed by atoms with van der Waals surface area (Å²) < 4.78 is 0. The highest BCUT2D eigenvalue weighted by Gasteiger charge is 2.57. The molecule has 2 aliphatic heterocycles. The highest BCUT2D eigenvalue weighted by Crippen LogP contribution is 2.57. The normalized spacial score (nSPS) is 30.4. The predicted molar refractivity (Wildman–Crippen MR) is 154 cm³/mol. The molecule has 0 amide bonds. The van der Waals surface area contributed by atoms with E-state index < -0.39 is 0 Å². The molecule has 194 valence electrons. The van der Waals surface area contributed by atoms with Crippen LogP contribution in [0.2, 0.25) is 0 Å². The number of fused-ring (bicyclic) bond motifs is 3. The number of benzene rings is 3. The van der Waals surface area contributed by atoms with Crippen molar-refractivity contribution in [2.75, 3.05) is 0 Å². The van der Waals surface area contributed by atoms with Gasteiger partial charge >= 0.3 is 0 Å². The topological polar surface area (TPSA) is 81.4 Å². The van der Waals surface area contributed by atoms with E-state index >= 15 is 0 Å². The first-order chi connectivity index (χ1) is 19.1. The van der Waals surface area contributed by atoms with Crippen LogP contribution in [0.3, 0.4) is 0 Å². The number of nitrogens with zero attached hydrogens (tertiary/aromatic N) is 2. The van der Waals surface area contributed by atoms with Gasteiger partial charge in [0.2, 0.25) is 0 Å². The standard InChI is InChI=1S/C33H32N6/c1-33-14-27(37-30(33)15-33)32-35-16-28(38-32)19-4-2-18(3-5-19)20-6-7-22-11-23(9-8-21(22)10-20)29-17-34-31(39-29)26-13-24-12-25(24)36-26/h2-11,16-17,24-27,30,36-37H,12-15H2,1H3,(H,34,39)(H,35,38)/t24?,25?,26-,27-,30?,33+/m0/s1. The van der Waals surface area contributed by atoms with E-state index in [9.17, 15) is 0 Å². The Bertz CT molecular complexity index is 1720. The summed E-state index contributed by atoms with van der Waals surface area (Å²) >= 11 is 0. The summed E-state index contributed by atoms with van der Waals surface area (Å²) in [5.41, 5.74) is 7.44. The van der Waals surface area contributed by atoms with Gasteiger partial charge in [-0.05, 0) is 76.6 Å². The van der Waals surface area contributed by atoms with Gasteiger partial charge in [-0.25, -0.2) is 9.97 Å². The Hall–Kier alpha value is -3.74. The third-order valence-electron chi connectivity index (χ3n) is 9.83. The van der Waals surface area contributed by atoms with Crippen LogP contribution < -0.4 is 10.6 Å². The molecule has 2 aromatic heterocycles. The molecule has 2 saturated carbocycles. The molecule has 6 heteroatoms. The molecule has 4 N–H and O–H groups in total. The van der Waals surface area contributed by atoms with E-state index in [0.29, 0.717) is 23.5 Å². The van der Waals surface area contributed by atoms with Crippen molar-refractivity contribution >= 4 is 10.8 Å². The Balaban J connectivity index is 0.931. The van der Waals surface area contributed by atoms with Crippen molar-refractivity contribution in [2.45, 2.75) is 56.8 Å². The van der Waals surface area contributed by atoms with Gasteiger partial charge < -0.3 is 20.6 Å². The van der Waals surface area contributed by atoms with Gasteiger partial charge in [0.25, 0.3) is 0 Å². The molecule has 0 radical (unpaired) electrons. The Morgan fingerprint density at radius 3 is 2.00 bits per heavy atom. The second kappa shape index (κ2) is 7.90. The van der Waals surface area contributed by atoms with Crippen molar-refractivity contribution in [3.8, 4) is 33.6 Å². The Kier molecular flexibility index (Phi) is 4.48. The first-order valence-corrected chi connectivity index (χ1v) is 14.3. The van der Waals surface area contributed by atoms with Crippen molar-refractivity contribution in [3.63, 3.8) is 0 Å². The first kappa shape index (κ1) is 22.1. The van der Waals surface area contributed by atoms with Crippen LogP contribution in [0.1, 0.15) is 56.3 Å². The van der Waals surface area contributed by atoms with E-state index in [-0.39, 0.29) is 0 Å². The van der Waals surface area contributed by atoms with E-state index in [1.165, 1.54) is 58.7 Å². The van der Waals surface area contributed by atoms with Crippen LogP contribution in [0.5, 0.6) is 0 Å². The molecule has 9 rings (SSSR count). The monoisotopic (exact) mass is 512 g/mol. The summed E-state index contributed by atoms with van der Waals surface area (Å²) in [5.74, 6) is 3.00. The lowest BCUT2D eigenvalue weighted by molar-refractivity contribution is 0.488. The van der Waals surface area contributed by atoms with Crippen LogP contribution in [-0.4, -0.2) is 32.0 Å². The maximum absolute atomic E-state index is 4.70. The molecule has 4 fully saturated rings. The molecular weight excluding hydrogens is 480 g/mol. The molecule has 2 saturated heterocycles. The highest BCUT2D eigenvalue weighted by molar-refractivity contribution is 5.90. The number of H-pyrrole nitrogens is 2. The summed E-state index contributed by atoms with van der Waals surface area (Å²) in [4.78, 5) is 16.5. The van der Waals surface area contributed by atoms with Gasteiger partial charge in [-0.2, -0.15) is 0 Å². The minimum absolute atomic E-state index is 0.352.